The van der Waals surface area contributed by atoms with Crippen molar-refractivity contribution < 1.29 is 20.1 Å². The number of fused-ring (bicyclic) bond motifs is 1. The first kappa shape index (κ1) is 17.7. The van der Waals surface area contributed by atoms with E-state index in [-0.39, 0.29) is 11.5 Å². The Hall–Kier alpha value is -0.610. The summed E-state index contributed by atoms with van der Waals surface area (Å²) in [5.41, 5.74) is -1.37. The molecule has 0 aromatic rings. The molecule has 0 bridgehead atoms. The van der Waals surface area contributed by atoms with Crippen LogP contribution in [0.5, 0.6) is 0 Å². The van der Waals surface area contributed by atoms with Gasteiger partial charge in [-0.15, -0.1) is 0 Å². The van der Waals surface area contributed by atoms with E-state index >= 15 is 0 Å². The van der Waals surface area contributed by atoms with Crippen LogP contribution in [0.15, 0.2) is 0 Å². The molecule has 0 heterocycles. The standard InChI is InChI=1S/C18H32O4/c1-12(6-4-11-18(3,22)16(20)21)13-8-9-14-15(19)7-5-10-17(13,14)2/h12-15,19,22H,4-11H2,1-3H3,(H,20,21)/t12-,13-,14?,15?,17+,18+/m1/s1. The van der Waals surface area contributed by atoms with E-state index in [1.165, 1.54) is 19.8 Å². The highest BCUT2D eigenvalue weighted by atomic mass is 16.4. The molecule has 22 heavy (non-hydrogen) atoms. The zero-order valence-corrected chi connectivity index (χ0v) is 14.2. The van der Waals surface area contributed by atoms with E-state index in [2.05, 4.69) is 13.8 Å². The van der Waals surface area contributed by atoms with Gasteiger partial charge in [0.25, 0.3) is 0 Å². The van der Waals surface area contributed by atoms with Gasteiger partial charge in [-0.2, -0.15) is 0 Å². The fourth-order valence-electron chi connectivity index (χ4n) is 5.20. The molecular formula is C18H32O4. The van der Waals surface area contributed by atoms with E-state index in [0.29, 0.717) is 24.2 Å². The van der Waals surface area contributed by atoms with Gasteiger partial charge in [0.2, 0.25) is 0 Å². The Bertz CT molecular complexity index is 406. The lowest BCUT2D eigenvalue weighted by atomic mass is 9.61. The number of rotatable bonds is 6. The van der Waals surface area contributed by atoms with Crippen molar-refractivity contribution in [1.29, 1.82) is 0 Å². The van der Waals surface area contributed by atoms with Gasteiger partial charge in [0.15, 0.2) is 5.60 Å². The lowest BCUT2D eigenvalue weighted by Gasteiger charge is -2.45. The van der Waals surface area contributed by atoms with Crippen molar-refractivity contribution in [2.24, 2.45) is 23.2 Å². The Morgan fingerprint density at radius 3 is 2.68 bits per heavy atom. The number of carboxylic acids is 1. The SMILES string of the molecule is C[C@H](CCC[C@](C)(O)C(=O)O)[C@H]1CCC2C(O)CCC[C@]21C. The molecule has 0 aliphatic heterocycles. The van der Waals surface area contributed by atoms with Crippen molar-refractivity contribution >= 4 is 5.97 Å². The Kier molecular flexibility index (Phi) is 5.23. The second-order valence-corrected chi connectivity index (χ2v) is 8.20. The minimum atomic E-state index is -1.61. The molecular weight excluding hydrogens is 280 g/mol. The highest BCUT2D eigenvalue weighted by molar-refractivity contribution is 5.76. The number of carbonyl (C=O) groups is 1. The summed E-state index contributed by atoms with van der Waals surface area (Å²) in [4.78, 5) is 11.0. The van der Waals surface area contributed by atoms with Crippen molar-refractivity contribution in [1.82, 2.24) is 0 Å². The molecule has 0 spiro atoms. The summed E-state index contributed by atoms with van der Waals surface area (Å²) in [6.45, 7) is 5.99. The topological polar surface area (TPSA) is 77.8 Å². The Labute approximate surface area is 133 Å². The van der Waals surface area contributed by atoms with Gasteiger partial charge >= 0.3 is 5.97 Å². The van der Waals surface area contributed by atoms with E-state index < -0.39 is 11.6 Å². The first-order valence-electron chi connectivity index (χ1n) is 8.82. The van der Waals surface area contributed by atoms with Gasteiger partial charge in [0, 0.05) is 0 Å². The van der Waals surface area contributed by atoms with Gasteiger partial charge in [0.1, 0.15) is 0 Å². The molecule has 0 radical (unpaired) electrons. The van der Waals surface area contributed by atoms with Crippen molar-refractivity contribution in [2.75, 3.05) is 0 Å². The van der Waals surface area contributed by atoms with Crippen molar-refractivity contribution in [3.8, 4) is 0 Å². The second-order valence-electron chi connectivity index (χ2n) is 8.20. The van der Waals surface area contributed by atoms with Gasteiger partial charge in [0.05, 0.1) is 6.10 Å². The molecule has 0 aromatic heterocycles. The van der Waals surface area contributed by atoms with Crippen LogP contribution in [0.3, 0.4) is 0 Å². The summed E-state index contributed by atoms with van der Waals surface area (Å²) in [6.07, 6.45) is 7.43. The molecule has 6 atom stereocenters. The number of carboxylic acid groups (broad SMARTS) is 1. The Morgan fingerprint density at radius 2 is 2.05 bits per heavy atom. The predicted molar refractivity (Wildman–Crippen MR) is 85.5 cm³/mol. The van der Waals surface area contributed by atoms with E-state index in [1.807, 2.05) is 0 Å². The van der Waals surface area contributed by atoms with Crippen molar-refractivity contribution in [2.45, 2.75) is 83.8 Å². The number of aliphatic hydroxyl groups is 2. The third-order valence-electron chi connectivity index (χ3n) is 6.63. The lowest BCUT2D eigenvalue weighted by molar-refractivity contribution is -0.157. The van der Waals surface area contributed by atoms with Crippen LogP contribution in [-0.4, -0.2) is 33.0 Å². The van der Waals surface area contributed by atoms with Crippen LogP contribution in [-0.2, 0) is 4.79 Å². The quantitative estimate of drug-likeness (QED) is 0.704. The fraction of sp³-hybridized carbons (Fsp3) is 0.944. The van der Waals surface area contributed by atoms with Crippen LogP contribution < -0.4 is 0 Å². The molecule has 128 valence electrons. The molecule has 0 amide bonds. The van der Waals surface area contributed by atoms with Gasteiger partial charge in [-0.3, -0.25) is 0 Å². The van der Waals surface area contributed by atoms with Gasteiger partial charge in [-0.25, -0.2) is 4.79 Å². The maximum absolute atomic E-state index is 11.0. The van der Waals surface area contributed by atoms with Gasteiger partial charge in [-0.05, 0) is 68.6 Å². The highest BCUT2D eigenvalue weighted by Crippen LogP contribution is 2.58. The molecule has 2 rings (SSSR count). The third kappa shape index (κ3) is 3.33. The number of aliphatic carboxylic acids is 1. The zero-order chi connectivity index (χ0) is 16.5. The van der Waals surface area contributed by atoms with E-state index in [0.717, 1.165) is 32.1 Å². The fourth-order valence-corrected chi connectivity index (χ4v) is 5.20. The van der Waals surface area contributed by atoms with Crippen molar-refractivity contribution in [3.05, 3.63) is 0 Å². The minimum absolute atomic E-state index is 0.135. The second kappa shape index (κ2) is 6.48. The largest absolute Gasteiger partial charge is 0.479 e. The first-order chi connectivity index (χ1) is 10.2. The summed E-state index contributed by atoms with van der Waals surface area (Å²) < 4.78 is 0. The van der Waals surface area contributed by atoms with Gasteiger partial charge in [-0.1, -0.05) is 26.7 Å². The van der Waals surface area contributed by atoms with Crippen molar-refractivity contribution in [3.63, 3.8) is 0 Å². The summed E-state index contributed by atoms with van der Waals surface area (Å²) in [7, 11) is 0. The van der Waals surface area contributed by atoms with E-state index in [1.54, 1.807) is 0 Å². The maximum atomic E-state index is 11.0. The van der Waals surface area contributed by atoms with Crippen LogP contribution in [0.25, 0.3) is 0 Å². The summed E-state index contributed by atoms with van der Waals surface area (Å²) in [6, 6.07) is 0. The van der Waals surface area contributed by atoms with E-state index in [4.69, 9.17) is 5.11 Å². The first-order valence-corrected chi connectivity index (χ1v) is 8.82. The number of aliphatic hydroxyl groups excluding tert-OH is 1. The number of hydrogen-bond acceptors (Lipinski definition) is 3. The average molecular weight is 312 g/mol. The number of hydrogen-bond donors (Lipinski definition) is 3. The Morgan fingerprint density at radius 1 is 1.36 bits per heavy atom. The molecule has 2 fully saturated rings. The zero-order valence-electron chi connectivity index (χ0n) is 14.2. The predicted octanol–water partition coefficient (Wildman–Crippen LogP) is 3.21. The molecule has 4 nitrogen and oxygen atoms in total. The highest BCUT2D eigenvalue weighted by Gasteiger charge is 2.52. The maximum Gasteiger partial charge on any atom is 0.335 e. The Balaban J connectivity index is 1.90. The molecule has 0 saturated heterocycles. The third-order valence-corrected chi connectivity index (χ3v) is 6.63. The molecule has 0 aromatic carbocycles. The van der Waals surface area contributed by atoms with Crippen LogP contribution in [0.4, 0.5) is 0 Å². The molecule has 2 unspecified atom stereocenters. The minimum Gasteiger partial charge on any atom is -0.479 e. The monoisotopic (exact) mass is 312 g/mol. The summed E-state index contributed by atoms with van der Waals surface area (Å²) in [5, 5.41) is 29.1. The lowest BCUT2D eigenvalue weighted by Crippen LogP contribution is -2.41. The van der Waals surface area contributed by atoms with Crippen LogP contribution >= 0.6 is 0 Å². The normalized spacial score (nSPS) is 39.0. The van der Waals surface area contributed by atoms with E-state index in [9.17, 15) is 15.0 Å². The van der Waals surface area contributed by atoms with Crippen LogP contribution in [0.1, 0.15) is 72.1 Å². The smallest absolute Gasteiger partial charge is 0.335 e. The molecule has 4 heteroatoms. The average Bonchev–Trinajstić information content (AvgIpc) is 2.76. The molecule has 3 N–H and O–H groups in total. The molecule has 2 saturated carbocycles. The van der Waals surface area contributed by atoms with Crippen LogP contribution in [0.2, 0.25) is 0 Å². The van der Waals surface area contributed by atoms with Crippen LogP contribution in [0, 0.1) is 23.2 Å². The van der Waals surface area contributed by atoms with Gasteiger partial charge < -0.3 is 15.3 Å². The summed E-state index contributed by atoms with van der Waals surface area (Å²) in [5.74, 6) is 0.436. The molecule has 2 aliphatic rings. The molecule has 2 aliphatic carbocycles. The summed E-state index contributed by atoms with van der Waals surface area (Å²) >= 11 is 0.